The van der Waals surface area contributed by atoms with E-state index in [0.717, 1.165) is 46.8 Å². The monoisotopic (exact) mass is 539 g/mol. The number of hydrogen-bond donors (Lipinski definition) is 3. The van der Waals surface area contributed by atoms with Gasteiger partial charge in [0.15, 0.2) is 5.78 Å². The van der Waals surface area contributed by atoms with Gasteiger partial charge < -0.3 is 21.1 Å². The summed E-state index contributed by atoms with van der Waals surface area (Å²) in [4.78, 5) is 21.2. The van der Waals surface area contributed by atoms with Gasteiger partial charge in [0.05, 0.1) is 31.2 Å². The molecule has 0 rings (SSSR count). The highest BCUT2D eigenvalue weighted by Crippen LogP contribution is 2.14. The average molecular weight is 540 g/mol. The molecule has 4 N–H and O–H groups in total. The van der Waals surface area contributed by atoms with Gasteiger partial charge in [-0.1, -0.05) is 51.0 Å². The molecule has 1 atom stereocenters. The molecule has 0 bridgehead atoms. The van der Waals surface area contributed by atoms with Crippen LogP contribution in [-0.4, -0.2) is 50.6 Å². The van der Waals surface area contributed by atoms with Gasteiger partial charge in [-0.2, -0.15) is 0 Å². The van der Waals surface area contributed by atoms with E-state index in [1.165, 1.54) is 0 Å². The third-order valence-corrected chi connectivity index (χ3v) is 5.70. The Morgan fingerprint density at radius 2 is 1.77 bits per heavy atom. The Morgan fingerprint density at radius 1 is 1.08 bits per heavy atom. The first-order valence-electron chi connectivity index (χ1n) is 13.9. The average Bonchev–Trinajstić information content (AvgIpc) is 2.88. The Balaban J connectivity index is 5.64. The van der Waals surface area contributed by atoms with Gasteiger partial charge in [-0.15, -0.1) is 0 Å². The molecule has 0 amide bonds. The number of aliphatic imine (C=N–C) groups is 2. The van der Waals surface area contributed by atoms with Crippen molar-refractivity contribution in [2.75, 3.05) is 26.8 Å². The minimum Gasteiger partial charge on any atom is -0.402 e. The number of hydrogen-bond acceptors (Lipinski definition) is 7. The largest absolute Gasteiger partial charge is 0.402 e. The number of ketones is 1. The van der Waals surface area contributed by atoms with Crippen LogP contribution in [0, 0.1) is 5.92 Å². The zero-order valence-corrected chi connectivity index (χ0v) is 26.0. The standard InChI is InChI=1S/C32H53N5O2/c1-11-15-27(33)18-28(14-4)37-30(32(24(7)8)35-16-12-2)17-26(13-3)22-39-21-25(9)36-20-31(38)29(19-34-10)23(5)6/h12-14,16-19,24-25,36-37H,11,15,20-22,33H2,1-10H3/b16-12-,26-13+,27-18+,28-14+,30-17+,34-19?,35-32+. The van der Waals surface area contributed by atoms with E-state index in [2.05, 4.69) is 42.5 Å². The predicted molar refractivity (Wildman–Crippen MR) is 169 cm³/mol. The normalized spacial score (nSPS) is 15.0. The fourth-order valence-corrected chi connectivity index (χ4v) is 3.54. The summed E-state index contributed by atoms with van der Waals surface area (Å²) >= 11 is 0. The third-order valence-electron chi connectivity index (χ3n) is 5.70. The highest BCUT2D eigenvalue weighted by Gasteiger charge is 2.14. The molecule has 0 saturated carbocycles. The molecular weight excluding hydrogens is 486 g/mol. The highest BCUT2D eigenvalue weighted by atomic mass is 16.5. The maximum absolute atomic E-state index is 12.5. The van der Waals surface area contributed by atoms with Crippen LogP contribution in [0.1, 0.15) is 75.2 Å². The van der Waals surface area contributed by atoms with Crippen molar-refractivity contribution in [1.82, 2.24) is 10.6 Å². The van der Waals surface area contributed by atoms with Crippen molar-refractivity contribution in [2.24, 2.45) is 21.6 Å². The van der Waals surface area contributed by atoms with E-state index in [1.54, 1.807) is 13.3 Å². The molecule has 0 fully saturated rings. The zero-order chi connectivity index (χ0) is 29.8. The molecule has 0 aromatic rings. The van der Waals surface area contributed by atoms with E-state index in [9.17, 15) is 4.79 Å². The summed E-state index contributed by atoms with van der Waals surface area (Å²) in [5, 5.41) is 6.81. The van der Waals surface area contributed by atoms with Gasteiger partial charge >= 0.3 is 0 Å². The smallest absolute Gasteiger partial charge is 0.178 e. The Bertz CT molecular complexity index is 1000. The van der Waals surface area contributed by atoms with E-state index in [1.807, 2.05) is 72.0 Å². The quantitative estimate of drug-likeness (QED) is 0.110. The Morgan fingerprint density at radius 3 is 2.28 bits per heavy atom. The maximum atomic E-state index is 12.5. The van der Waals surface area contributed by atoms with E-state index in [-0.39, 0.29) is 24.3 Å². The Hall–Kier alpha value is -3.03. The third kappa shape index (κ3) is 15.2. The van der Waals surface area contributed by atoms with E-state index >= 15 is 0 Å². The predicted octanol–water partition coefficient (Wildman–Crippen LogP) is 6.18. The summed E-state index contributed by atoms with van der Waals surface area (Å²) in [6.45, 7) is 19.3. The van der Waals surface area contributed by atoms with Crippen molar-refractivity contribution in [3.8, 4) is 0 Å². The SMILES string of the molecule is C\C=C/N=C(/C(=C\C(=C/C)COCC(C)NCC(=O)C(C=NC)=C(C)C)NC(/C=C(/N)CCC)=C/C)C(C)C. The first-order valence-corrected chi connectivity index (χ1v) is 13.9. The van der Waals surface area contributed by atoms with Crippen LogP contribution in [-0.2, 0) is 9.53 Å². The van der Waals surface area contributed by atoms with Gasteiger partial charge in [-0.05, 0) is 71.6 Å². The number of allylic oxidation sites excluding steroid dienone is 7. The molecular formula is C32H53N5O2. The molecule has 0 radical (unpaired) electrons. The lowest BCUT2D eigenvalue weighted by Crippen LogP contribution is -2.35. The van der Waals surface area contributed by atoms with Gasteiger partial charge in [0.1, 0.15) is 0 Å². The Labute approximate surface area is 237 Å². The molecule has 0 aliphatic heterocycles. The summed E-state index contributed by atoms with van der Waals surface area (Å²) in [6.07, 6.45) is 15.3. The van der Waals surface area contributed by atoms with Crippen LogP contribution in [0.4, 0.5) is 0 Å². The molecule has 1 unspecified atom stereocenters. The van der Waals surface area contributed by atoms with Crippen LogP contribution in [0.2, 0.25) is 0 Å². The number of nitrogens with two attached hydrogens (primary N) is 1. The summed E-state index contributed by atoms with van der Waals surface area (Å²) in [6, 6.07) is 0.00870. The van der Waals surface area contributed by atoms with Crippen molar-refractivity contribution in [1.29, 1.82) is 0 Å². The molecule has 0 aliphatic carbocycles. The molecule has 0 saturated heterocycles. The second-order valence-electron chi connectivity index (χ2n) is 9.93. The summed E-state index contributed by atoms with van der Waals surface area (Å²) in [7, 11) is 1.67. The molecule has 7 nitrogen and oxygen atoms in total. The van der Waals surface area contributed by atoms with E-state index in [4.69, 9.17) is 15.5 Å². The topological polar surface area (TPSA) is 101 Å². The van der Waals surface area contributed by atoms with Gasteiger partial charge in [0.2, 0.25) is 0 Å². The second kappa shape index (κ2) is 20.9. The number of ether oxygens (including phenoxy) is 1. The van der Waals surface area contributed by atoms with Crippen LogP contribution in [0.5, 0.6) is 0 Å². The lowest BCUT2D eigenvalue weighted by Gasteiger charge is -2.19. The minimum absolute atomic E-state index is 0.00870. The lowest BCUT2D eigenvalue weighted by molar-refractivity contribution is -0.114. The fourth-order valence-electron chi connectivity index (χ4n) is 3.54. The van der Waals surface area contributed by atoms with Gasteiger partial charge in [-0.3, -0.25) is 14.8 Å². The molecule has 0 aromatic heterocycles. The zero-order valence-electron chi connectivity index (χ0n) is 26.0. The number of nitrogens with one attached hydrogen (secondary N) is 2. The van der Waals surface area contributed by atoms with Crippen molar-refractivity contribution in [2.45, 2.75) is 81.2 Å². The molecule has 7 heteroatoms. The maximum Gasteiger partial charge on any atom is 0.178 e. The van der Waals surface area contributed by atoms with Crippen LogP contribution in [0.3, 0.4) is 0 Å². The number of rotatable bonds is 18. The fraction of sp³-hybridized carbons (Fsp3) is 0.531. The molecule has 0 aliphatic rings. The molecule has 0 aromatic carbocycles. The highest BCUT2D eigenvalue weighted by molar-refractivity contribution is 6.14. The van der Waals surface area contributed by atoms with Gasteiger partial charge in [0.25, 0.3) is 0 Å². The summed E-state index contributed by atoms with van der Waals surface area (Å²) < 4.78 is 6.03. The number of nitrogens with zero attached hydrogens (tertiary/aromatic N) is 2. The first-order chi connectivity index (χ1) is 18.5. The van der Waals surface area contributed by atoms with E-state index < -0.39 is 0 Å². The minimum atomic E-state index is 0.00870. The van der Waals surface area contributed by atoms with Crippen LogP contribution in [0.15, 0.2) is 80.4 Å². The molecule has 218 valence electrons. The van der Waals surface area contributed by atoms with E-state index in [0.29, 0.717) is 18.8 Å². The van der Waals surface area contributed by atoms with Gasteiger partial charge in [0, 0.05) is 42.5 Å². The molecule has 0 spiro atoms. The summed E-state index contributed by atoms with van der Waals surface area (Å²) in [5.41, 5.74) is 12.4. The van der Waals surface area contributed by atoms with Crippen molar-refractivity contribution in [3.63, 3.8) is 0 Å². The number of carbonyl (C=O) groups excluding carboxylic acids is 1. The van der Waals surface area contributed by atoms with Crippen molar-refractivity contribution in [3.05, 3.63) is 70.4 Å². The molecule has 39 heavy (non-hydrogen) atoms. The number of carbonyl (C=O) groups is 1. The van der Waals surface area contributed by atoms with Gasteiger partial charge in [-0.25, -0.2) is 0 Å². The second-order valence-corrected chi connectivity index (χ2v) is 9.93. The van der Waals surface area contributed by atoms with Crippen LogP contribution >= 0.6 is 0 Å². The first kappa shape index (κ1) is 36.0. The van der Waals surface area contributed by atoms with Crippen molar-refractivity contribution < 1.29 is 9.53 Å². The number of Topliss-reactive ketones (excluding diaryl/α,β-unsaturated/α-hetero) is 1. The van der Waals surface area contributed by atoms with Crippen molar-refractivity contribution >= 4 is 17.7 Å². The van der Waals surface area contributed by atoms with Crippen LogP contribution < -0.4 is 16.4 Å². The van der Waals surface area contributed by atoms with Crippen LogP contribution in [0.25, 0.3) is 0 Å². The lowest BCUT2D eigenvalue weighted by atomic mass is 10.0. The Kier molecular flexibility index (Phi) is 19.3. The molecule has 0 heterocycles. The summed E-state index contributed by atoms with van der Waals surface area (Å²) in [5.74, 6) is 0.217.